The van der Waals surface area contributed by atoms with E-state index in [4.69, 9.17) is 9.97 Å². The van der Waals surface area contributed by atoms with Crippen molar-refractivity contribution in [2.45, 2.75) is 46.0 Å². The van der Waals surface area contributed by atoms with Crippen LogP contribution in [0.2, 0.25) is 0 Å². The molecule has 4 nitrogen and oxygen atoms in total. The van der Waals surface area contributed by atoms with Crippen molar-refractivity contribution in [1.82, 2.24) is 9.97 Å². The van der Waals surface area contributed by atoms with E-state index in [1.807, 2.05) is 0 Å². The molecule has 2 saturated heterocycles. The minimum absolute atomic E-state index is 0.736. The molecule has 2 aliphatic heterocycles. The highest BCUT2D eigenvalue weighted by atomic mass is 15.3. The molecule has 1 atom stereocenters. The van der Waals surface area contributed by atoms with E-state index in [0.717, 1.165) is 55.5 Å². The highest BCUT2D eigenvalue weighted by molar-refractivity contribution is 5.46. The van der Waals surface area contributed by atoms with Gasteiger partial charge in [-0.25, -0.2) is 4.98 Å². The van der Waals surface area contributed by atoms with Crippen LogP contribution in [-0.2, 0) is 6.42 Å². The maximum absolute atomic E-state index is 4.97. The van der Waals surface area contributed by atoms with Crippen LogP contribution in [0.15, 0.2) is 36.4 Å². The number of rotatable bonds is 4. The van der Waals surface area contributed by atoms with E-state index in [9.17, 15) is 0 Å². The second-order valence-electron chi connectivity index (χ2n) is 8.48. The molecule has 2 fully saturated rings. The average molecular weight is 365 g/mol. The summed E-state index contributed by atoms with van der Waals surface area (Å²) in [6, 6.07) is 13.1. The highest BCUT2D eigenvalue weighted by Crippen LogP contribution is 2.27. The Morgan fingerprint density at radius 1 is 0.963 bits per heavy atom. The number of piperidine rings is 2. The van der Waals surface area contributed by atoms with E-state index < -0.39 is 0 Å². The molecule has 0 aliphatic carbocycles. The molecule has 3 heterocycles. The minimum atomic E-state index is 0.736. The Kier molecular flexibility index (Phi) is 5.61. The van der Waals surface area contributed by atoms with Gasteiger partial charge in [0.2, 0.25) is 5.95 Å². The lowest BCUT2D eigenvalue weighted by atomic mass is 9.90. The molecule has 0 bridgehead atoms. The number of benzene rings is 1. The minimum Gasteiger partial charge on any atom is -0.356 e. The van der Waals surface area contributed by atoms with E-state index in [2.05, 4.69) is 60.0 Å². The van der Waals surface area contributed by atoms with Crippen molar-refractivity contribution in [1.29, 1.82) is 0 Å². The van der Waals surface area contributed by atoms with Gasteiger partial charge >= 0.3 is 0 Å². The van der Waals surface area contributed by atoms with E-state index in [1.165, 1.54) is 37.7 Å². The molecular weight excluding hydrogens is 332 g/mol. The third kappa shape index (κ3) is 4.60. The van der Waals surface area contributed by atoms with E-state index in [-0.39, 0.29) is 0 Å². The lowest BCUT2D eigenvalue weighted by molar-refractivity contribution is 0.402. The first-order chi connectivity index (χ1) is 13.2. The summed E-state index contributed by atoms with van der Waals surface area (Å²) in [4.78, 5) is 14.6. The number of nitrogens with zero attached hydrogens (tertiary/aromatic N) is 4. The van der Waals surface area contributed by atoms with Gasteiger partial charge < -0.3 is 9.80 Å². The predicted molar refractivity (Wildman–Crippen MR) is 112 cm³/mol. The predicted octanol–water partition coefficient (Wildman–Crippen LogP) is 4.48. The van der Waals surface area contributed by atoms with Crippen LogP contribution in [0.25, 0.3) is 0 Å². The first kappa shape index (κ1) is 18.3. The first-order valence-electron chi connectivity index (χ1n) is 10.6. The molecular formula is C23H32N4. The van der Waals surface area contributed by atoms with Crippen LogP contribution >= 0.6 is 0 Å². The summed E-state index contributed by atoms with van der Waals surface area (Å²) in [5, 5.41) is 0. The van der Waals surface area contributed by atoms with Gasteiger partial charge in [-0.3, -0.25) is 0 Å². The largest absolute Gasteiger partial charge is 0.356 e. The Hall–Kier alpha value is -2.10. The molecule has 0 amide bonds. The van der Waals surface area contributed by atoms with E-state index >= 15 is 0 Å². The third-order valence-electron chi connectivity index (χ3n) is 6.07. The van der Waals surface area contributed by atoms with Crippen LogP contribution in [0.5, 0.6) is 0 Å². The van der Waals surface area contributed by atoms with E-state index in [1.54, 1.807) is 0 Å². The average Bonchev–Trinajstić information content (AvgIpc) is 2.69. The quantitative estimate of drug-likeness (QED) is 0.801. The zero-order valence-corrected chi connectivity index (χ0v) is 16.8. The van der Waals surface area contributed by atoms with Crippen molar-refractivity contribution in [3.8, 4) is 0 Å². The van der Waals surface area contributed by atoms with Crippen LogP contribution < -0.4 is 9.80 Å². The summed E-state index contributed by atoms with van der Waals surface area (Å²) in [6.07, 6.45) is 6.26. The van der Waals surface area contributed by atoms with Crippen LogP contribution in [0.3, 0.4) is 0 Å². The number of aryl methyl sites for hydroxylation is 1. The lowest BCUT2D eigenvalue weighted by Gasteiger charge is -2.35. The monoisotopic (exact) mass is 364 g/mol. The maximum atomic E-state index is 4.97. The molecule has 1 unspecified atom stereocenters. The Bertz CT molecular complexity index is 737. The lowest BCUT2D eigenvalue weighted by Crippen LogP contribution is -2.37. The fourth-order valence-electron chi connectivity index (χ4n) is 4.52. The molecule has 0 saturated carbocycles. The molecule has 1 aromatic heterocycles. The molecule has 0 N–H and O–H groups in total. The molecule has 4 heteroatoms. The molecule has 0 radical (unpaired) electrons. The summed E-state index contributed by atoms with van der Waals surface area (Å²) in [7, 11) is 0. The molecule has 2 aromatic rings. The molecule has 0 spiro atoms. The van der Waals surface area contributed by atoms with E-state index in [0.29, 0.717) is 0 Å². The summed E-state index contributed by atoms with van der Waals surface area (Å²) >= 11 is 0. The van der Waals surface area contributed by atoms with Crippen molar-refractivity contribution in [2.24, 2.45) is 11.8 Å². The normalized spacial score (nSPS) is 21.5. The van der Waals surface area contributed by atoms with Gasteiger partial charge in [0.1, 0.15) is 5.82 Å². The topological polar surface area (TPSA) is 32.3 Å². The van der Waals surface area contributed by atoms with Gasteiger partial charge in [0, 0.05) is 37.9 Å². The summed E-state index contributed by atoms with van der Waals surface area (Å²) < 4.78 is 0. The Labute approximate surface area is 163 Å². The fraction of sp³-hybridized carbons (Fsp3) is 0.565. The maximum Gasteiger partial charge on any atom is 0.227 e. The van der Waals surface area contributed by atoms with Gasteiger partial charge in [0.25, 0.3) is 0 Å². The van der Waals surface area contributed by atoms with Crippen molar-refractivity contribution in [2.75, 3.05) is 36.0 Å². The van der Waals surface area contributed by atoms with Crippen molar-refractivity contribution in [3.63, 3.8) is 0 Å². The molecule has 27 heavy (non-hydrogen) atoms. The van der Waals surface area contributed by atoms with Crippen LogP contribution in [0, 0.1) is 18.8 Å². The molecule has 144 valence electrons. The van der Waals surface area contributed by atoms with Gasteiger partial charge in [0.15, 0.2) is 0 Å². The summed E-state index contributed by atoms with van der Waals surface area (Å²) in [5.41, 5.74) is 2.55. The number of anilines is 2. The van der Waals surface area contributed by atoms with Gasteiger partial charge in [-0.2, -0.15) is 4.98 Å². The van der Waals surface area contributed by atoms with Crippen LogP contribution in [0.4, 0.5) is 11.8 Å². The second kappa shape index (κ2) is 8.28. The zero-order valence-electron chi connectivity index (χ0n) is 16.8. The van der Waals surface area contributed by atoms with Gasteiger partial charge in [-0.15, -0.1) is 0 Å². The Balaban J connectivity index is 1.40. The fourth-order valence-corrected chi connectivity index (χ4v) is 4.52. The van der Waals surface area contributed by atoms with Crippen molar-refractivity contribution >= 4 is 11.8 Å². The molecule has 2 aliphatic rings. The Morgan fingerprint density at radius 2 is 1.74 bits per heavy atom. The number of hydrogen-bond donors (Lipinski definition) is 0. The van der Waals surface area contributed by atoms with Crippen molar-refractivity contribution < 1.29 is 0 Å². The summed E-state index contributed by atoms with van der Waals surface area (Å²) in [6.45, 7) is 8.81. The standard InChI is InChI=1S/C23H32N4/c1-18-7-6-12-27(17-18)23-24-19(2)15-22(25-23)26-13-10-21(11-14-26)16-20-8-4-3-5-9-20/h3-5,8-9,15,18,21H,6-7,10-14,16-17H2,1-2H3. The Morgan fingerprint density at radius 3 is 2.48 bits per heavy atom. The zero-order chi connectivity index (χ0) is 18.6. The number of aromatic nitrogens is 2. The summed E-state index contributed by atoms with van der Waals surface area (Å²) in [5.74, 6) is 3.57. The van der Waals surface area contributed by atoms with Crippen LogP contribution in [0.1, 0.15) is 43.9 Å². The highest BCUT2D eigenvalue weighted by Gasteiger charge is 2.23. The smallest absolute Gasteiger partial charge is 0.227 e. The molecule has 4 rings (SSSR count). The second-order valence-corrected chi connectivity index (χ2v) is 8.48. The number of hydrogen-bond acceptors (Lipinski definition) is 4. The SMILES string of the molecule is Cc1cc(N2CCC(Cc3ccccc3)CC2)nc(N2CCCC(C)C2)n1. The van der Waals surface area contributed by atoms with Crippen molar-refractivity contribution in [3.05, 3.63) is 47.7 Å². The third-order valence-corrected chi connectivity index (χ3v) is 6.07. The molecule has 1 aromatic carbocycles. The van der Waals surface area contributed by atoms with Crippen LogP contribution in [-0.4, -0.2) is 36.1 Å². The van der Waals surface area contributed by atoms with Gasteiger partial charge in [-0.05, 0) is 56.4 Å². The first-order valence-corrected chi connectivity index (χ1v) is 10.6. The van der Waals surface area contributed by atoms with Gasteiger partial charge in [0.05, 0.1) is 0 Å². The van der Waals surface area contributed by atoms with Gasteiger partial charge in [-0.1, -0.05) is 37.3 Å².